The highest BCUT2D eigenvalue weighted by atomic mass is 16.1. The third-order valence-corrected chi connectivity index (χ3v) is 3.87. The van der Waals surface area contributed by atoms with Crippen LogP contribution in [0.4, 0.5) is 5.69 Å². The molecule has 0 amide bonds. The zero-order valence-corrected chi connectivity index (χ0v) is 12.0. The molecular formula is C17H25NO. The predicted molar refractivity (Wildman–Crippen MR) is 81.0 cm³/mol. The second-order valence-corrected chi connectivity index (χ2v) is 5.49. The zero-order valence-electron chi connectivity index (χ0n) is 12.0. The molecule has 0 fully saturated rings. The molecule has 0 atom stereocenters. The van der Waals surface area contributed by atoms with E-state index in [4.69, 9.17) is 0 Å². The van der Waals surface area contributed by atoms with E-state index in [-0.39, 0.29) is 0 Å². The van der Waals surface area contributed by atoms with Gasteiger partial charge in [-0.3, -0.25) is 4.79 Å². The van der Waals surface area contributed by atoms with Gasteiger partial charge >= 0.3 is 0 Å². The Labute approximate surface area is 116 Å². The monoisotopic (exact) mass is 259 g/mol. The number of hydrogen-bond acceptors (Lipinski definition) is 2. The molecule has 1 heterocycles. The van der Waals surface area contributed by atoms with Crippen LogP contribution in [0.15, 0.2) is 18.2 Å². The van der Waals surface area contributed by atoms with E-state index < -0.39 is 0 Å². The minimum absolute atomic E-state index is 0.310. The molecule has 2 nitrogen and oxygen atoms in total. The number of carbonyl (C=O) groups is 1. The third kappa shape index (κ3) is 4.09. The van der Waals surface area contributed by atoms with E-state index in [1.54, 1.807) is 0 Å². The van der Waals surface area contributed by atoms with Gasteiger partial charge in [-0.15, -0.1) is 0 Å². The average Bonchev–Trinajstić information content (AvgIpc) is 2.46. The Bertz CT molecular complexity index is 425. The highest BCUT2D eigenvalue weighted by Gasteiger charge is 2.12. The van der Waals surface area contributed by atoms with Crippen molar-refractivity contribution in [2.75, 3.05) is 11.9 Å². The molecule has 0 unspecified atom stereocenters. The van der Waals surface area contributed by atoms with Crippen LogP contribution < -0.4 is 5.32 Å². The smallest absolute Gasteiger partial charge is 0.162 e. The molecule has 0 bridgehead atoms. The van der Waals surface area contributed by atoms with E-state index in [0.717, 1.165) is 24.9 Å². The van der Waals surface area contributed by atoms with Crippen LogP contribution in [0.3, 0.4) is 0 Å². The molecule has 1 aliphatic heterocycles. The zero-order chi connectivity index (χ0) is 13.5. The molecule has 0 radical (unpaired) electrons. The summed E-state index contributed by atoms with van der Waals surface area (Å²) < 4.78 is 0. The van der Waals surface area contributed by atoms with Crippen LogP contribution in [0.2, 0.25) is 0 Å². The maximum absolute atomic E-state index is 12.1. The maximum atomic E-state index is 12.1. The molecule has 1 aromatic carbocycles. The van der Waals surface area contributed by atoms with Crippen molar-refractivity contribution >= 4 is 11.5 Å². The van der Waals surface area contributed by atoms with Crippen LogP contribution in [0.5, 0.6) is 0 Å². The minimum atomic E-state index is 0.310. The van der Waals surface area contributed by atoms with E-state index in [1.807, 2.05) is 6.07 Å². The fourth-order valence-corrected chi connectivity index (χ4v) is 2.68. The Morgan fingerprint density at radius 2 is 2.05 bits per heavy atom. The molecule has 2 heteroatoms. The number of anilines is 1. The van der Waals surface area contributed by atoms with Gasteiger partial charge in [-0.1, -0.05) is 32.6 Å². The summed E-state index contributed by atoms with van der Waals surface area (Å²) in [5.41, 5.74) is 3.42. The van der Waals surface area contributed by atoms with Gasteiger partial charge in [0.05, 0.1) is 0 Å². The lowest BCUT2D eigenvalue weighted by Crippen LogP contribution is -2.12. The Balaban J connectivity index is 1.85. The van der Waals surface area contributed by atoms with Crippen LogP contribution in [0.1, 0.15) is 67.8 Å². The third-order valence-electron chi connectivity index (χ3n) is 3.87. The number of rotatable bonds is 7. The summed E-state index contributed by atoms with van der Waals surface area (Å²) in [5, 5.41) is 3.38. The first kappa shape index (κ1) is 14.1. The van der Waals surface area contributed by atoms with Crippen LogP contribution in [0.25, 0.3) is 0 Å². The summed E-state index contributed by atoms with van der Waals surface area (Å²) in [6.07, 6.45) is 9.00. The molecular weight excluding hydrogens is 234 g/mol. The van der Waals surface area contributed by atoms with Gasteiger partial charge in [-0.05, 0) is 43.0 Å². The summed E-state index contributed by atoms with van der Waals surface area (Å²) in [4.78, 5) is 12.1. The summed E-state index contributed by atoms with van der Waals surface area (Å²) in [6, 6.07) is 6.14. The molecule has 0 aliphatic carbocycles. The maximum Gasteiger partial charge on any atom is 0.162 e. The molecule has 2 rings (SSSR count). The number of hydrogen-bond donors (Lipinski definition) is 1. The van der Waals surface area contributed by atoms with Gasteiger partial charge in [0.2, 0.25) is 0 Å². The number of aryl methyl sites for hydroxylation is 1. The fourth-order valence-electron chi connectivity index (χ4n) is 2.68. The lowest BCUT2D eigenvalue weighted by atomic mass is 9.97. The van der Waals surface area contributed by atoms with Crippen molar-refractivity contribution in [3.8, 4) is 0 Å². The van der Waals surface area contributed by atoms with E-state index in [0.29, 0.717) is 12.2 Å². The summed E-state index contributed by atoms with van der Waals surface area (Å²) >= 11 is 0. The molecule has 0 saturated carbocycles. The van der Waals surface area contributed by atoms with E-state index in [2.05, 4.69) is 24.4 Å². The summed E-state index contributed by atoms with van der Waals surface area (Å²) in [7, 11) is 0. The van der Waals surface area contributed by atoms with Crippen LogP contribution >= 0.6 is 0 Å². The SMILES string of the molecule is CCCCCCCC(=O)c1ccc2c(c1)CCCN2. The normalized spacial score (nSPS) is 13.7. The van der Waals surface area contributed by atoms with Gasteiger partial charge in [0, 0.05) is 24.2 Å². The first-order chi connectivity index (χ1) is 9.31. The number of ketones is 1. The first-order valence-corrected chi connectivity index (χ1v) is 7.71. The minimum Gasteiger partial charge on any atom is -0.385 e. The van der Waals surface area contributed by atoms with Crippen molar-refractivity contribution in [2.24, 2.45) is 0 Å². The predicted octanol–water partition coefficient (Wildman–Crippen LogP) is 4.59. The lowest BCUT2D eigenvalue weighted by Gasteiger charge is -2.18. The largest absolute Gasteiger partial charge is 0.385 e. The quantitative estimate of drug-likeness (QED) is 0.573. The number of benzene rings is 1. The fraction of sp³-hybridized carbons (Fsp3) is 0.588. The van der Waals surface area contributed by atoms with Crippen molar-refractivity contribution in [3.63, 3.8) is 0 Å². The van der Waals surface area contributed by atoms with Gasteiger partial charge in [0.15, 0.2) is 5.78 Å². The molecule has 1 aromatic rings. The van der Waals surface area contributed by atoms with Crippen LogP contribution in [-0.2, 0) is 6.42 Å². The first-order valence-electron chi connectivity index (χ1n) is 7.71. The number of fused-ring (bicyclic) bond motifs is 1. The Kier molecular flexibility index (Phi) is 5.44. The number of carbonyl (C=O) groups excluding carboxylic acids is 1. The van der Waals surface area contributed by atoms with E-state index >= 15 is 0 Å². The van der Waals surface area contributed by atoms with Gasteiger partial charge in [-0.25, -0.2) is 0 Å². The number of Topliss-reactive ketones (excluding diaryl/α,β-unsaturated/α-hetero) is 1. The van der Waals surface area contributed by atoms with Gasteiger partial charge in [-0.2, -0.15) is 0 Å². The van der Waals surface area contributed by atoms with Gasteiger partial charge < -0.3 is 5.32 Å². The highest BCUT2D eigenvalue weighted by molar-refractivity contribution is 5.96. The molecule has 0 spiro atoms. The second-order valence-electron chi connectivity index (χ2n) is 5.49. The highest BCUT2D eigenvalue weighted by Crippen LogP contribution is 2.23. The van der Waals surface area contributed by atoms with Crippen molar-refractivity contribution < 1.29 is 4.79 Å². The summed E-state index contributed by atoms with van der Waals surface area (Å²) in [5.74, 6) is 0.310. The second kappa shape index (κ2) is 7.32. The van der Waals surface area contributed by atoms with Crippen molar-refractivity contribution in [1.29, 1.82) is 0 Å². The van der Waals surface area contributed by atoms with Crippen molar-refractivity contribution in [1.82, 2.24) is 0 Å². The van der Waals surface area contributed by atoms with Gasteiger partial charge in [0.1, 0.15) is 0 Å². The Morgan fingerprint density at radius 3 is 2.89 bits per heavy atom. The molecule has 1 N–H and O–H groups in total. The Hall–Kier alpha value is -1.31. The molecule has 19 heavy (non-hydrogen) atoms. The summed E-state index contributed by atoms with van der Waals surface area (Å²) in [6.45, 7) is 3.27. The number of unbranched alkanes of at least 4 members (excludes halogenated alkanes) is 4. The van der Waals surface area contributed by atoms with Crippen molar-refractivity contribution in [3.05, 3.63) is 29.3 Å². The lowest BCUT2D eigenvalue weighted by molar-refractivity contribution is 0.0979. The van der Waals surface area contributed by atoms with Crippen LogP contribution in [0, 0.1) is 0 Å². The standard InChI is InChI=1S/C17H25NO/c1-2-3-4-5-6-9-17(19)15-10-11-16-14(13-15)8-7-12-18-16/h10-11,13,18H,2-9,12H2,1H3. The molecule has 0 saturated heterocycles. The molecule has 104 valence electrons. The molecule has 1 aliphatic rings. The van der Waals surface area contributed by atoms with Crippen LogP contribution in [-0.4, -0.2) is 12.3 Å². The van der Waals surface area contributed by atoms with Gasteiger partial charge in [0.25, 0.3) is 0 Å². The Morgan fingerprint density at radius 1 is 1.21 bits per heavy atom. The van der Waals surface area contributed by atoms with Crippen molar-refractivity contribution in [2.45, 2.75) is 58.3 Å². The topological polar surface area (TPSA) is 29.1 Å². The van der Waals surface area contributed by atoms with E-state index in [9.17, 15) is 4.79 Å². The number of nitrogens with one attached hydrogen (secondary N) is 1. The van der Waals surface area contributed by atoms with E-state index in [1.165, 1.54) is 43.4 Å². The average molecular weight is 259 g/mol. The molecule has 0 aromatic heterocycles.